The highest BCUT2D eigenvalue weighted by Crippen LogP contribution is 2.17. The topological polar surface area (TPSA) is 15.3 Å². The van der Waals surface area contributed by atoms with E-state index in [0.717, 1.165) is 18.5 Å². The van der Waals surface area contributed by atoms with E-state index in [1.807, 2.05) is 6.08 Å². The normalized spacial score (nSPS) is 27.9. The molecule has 1 saturated heterocycles. The molecule has 15 heavy (non-hydrogen) atoms. The van der Waals surface area contributed by atoms with Crippen molar-refractivity contribution in [3.05, 3.63) is 12.7 Å². The Balaban J connectivity index is 2.24. The Morgan fingerprint density at radius 2 is 2.33 bits per heavy atom. The van der Waals surface area contributed by atoms with Crippen molar-refractivity contribution in [3.63, 3.8) is 0 Å². The minimum atomic E-state index is 0.730. The number of piperidine rings is 1. The molecule has 0 aromatic rings. The fourth-order valence-electron chi connectivity index (χ4n) is 2.34. The zero-order chi connectivity index (χ0) is 11.1. The van der Waals surface area contributed by atoms with Crippen molar-refractivity contribution in [2.24, 2.45) is 0 Å². The molecule has 2 nitrogen and oxygen atoms in total. The molecule has 2 unspecified atom stereocenters. The summed E-state index contributed by atoms with van der Waals surface area (Å²) in [4.78, 5) is 2.59. The largest absolute Gasteiger partial charge is 0.314 e. The van der Waals surface area contributed by atoms with Gasteiger partial charge in [-0.15, -0.1) is 6.58 Å². The zero-order valence-electron chi connectivity index (χ0n) is 10.3. The third-order valence-corrected chi connectivity index (χ3v) is 3.32. The van der Waals surface area contributed by atoms with Crippen LogP contribution in [0.3, 0.4) is 0 Å². The lowest BCUT2D eigenvalue weighted by Crippen LogP contribution is -2.47. The van der Waals surface area contributed by atoms with Crippen LogP contribution in [-0.2, 0) is 0 Å². The van der Waals surface area contributed by atoms with E-state index >= 15 is 0 Å². The van der Waals surface area contributed by atoms with Gasteiger partial charge in [0.05, 0.1) is 0 Å². The first-order valence-corrected chi connectivity index (χ1v) is 6.36. The summed E-state index contributed by atoms with van der Waals surface area (Å²) < 4.78 is 0. The Morgan fingerprint density at radius 1 is 1.53 bits per heavy atom. The van der Waals surface area contributed by atoms with Crippen molar-refractivity contribution in [2.75, 3.05) is 19.6 Å². The van der Waals surface area contributed by atoms with Gasteiger partial charge in [0.15, 0.2) is 0 Å². The van der Waals surface area contributed by atoms with Gasteiger partial charge in [-0.3, -0.25) is 0 Å². The first-order valence-electron chi connectivity index (χ1n) is 6.36. The lowest BCUT2D eigenvalue weighted by atomic mass is 9.98. The smallest absolute Gasteiger partial charge is 0.00940 e. The molecule has 0 amide bonds. The van der Waals surface area contributed by atoms with Crippen LogP contribution in [0.15, 0.2) is 12.7 Å². The lowest BCUT2D eigenvalue weighted by Gasteiger charge is -2.38. The number of hydrogen-bond donors (Lipinski definition) is 1. The van der Waals surface area contributed by atoms with Crippen LogP contribution in [0.4, 0.5) is 0 Å². The van der Waals surface area contributed by atoms with Crippen molar-refractivity contribution in [1.82, 2.24) is 10.2 Å². The first-order chi connectivity index (χ1) is 7.27. The Hall–Kier alpha value is -0.340. The van der Waals surface area contributed by atoms with Crippen molar-refractivity contribution in [1.29, 1.82) is 0 Å². The molecular formula is C13H26N2. The van der Waals surface area contributed by atoms with E-state index in [2.05, 4.69) is 30.6 Å². The molecule has 88 valence electrons. The number of rotatable bonds is 6. The minimum absolute atomic E-state index is 0.730. The SMILES string of the molecule is C=CCCN1CCC(NCCC)CC1C. The van der Waals surface area contributed by atoms with Crippen LogP contribution >= 0.6 is 0 Å². The molecule has 1 aliphatic heterocycles. The second-order valence-corrected chi connectivity index (χ2v) is 4.64. The third kappa shape index (κ3) is 4.35. The summed E-state index contributed by atoms with van der Waals surface area (Å²) in [7, 11) is 0. The highest BCUT2D eigenvalue weighted by atomic mass is 15.2. The van der Waals surface area contributed by atoms with Gasteiger partial charge in [-0.05, 0) is 45.7 Å². The molecule has 0 aromatic heterocycles. The number of nitrogens with one attached hydrogen (secondary N) is 1. The van der Waals surface area contributed by atoms with Gasteiger partial charge >= 0.3 is 0 Å². The molecular weight excluding hydrogens is 184 g/mol. The van der Waals surface area contributed by atoms with Crippen LogP contribution in [0.2, 0.25) is 0 Å². The maximum Gasteiger partial charge on any atom is 0.00940 e. The summed E-state index contributed by atoms with van der Waals surface area (Å²) in [6.07, 6.45) is 7.00. The summed E-state index contributed by atoms with van der Waals surface area (Å²) >= 11 is 0. The van der Waals surface area contributed by atoms with Crippen molar-refractivity contribution in [3.8, 4) is 0 Å². The summed E-state index contributed by atoms with van der Waals surface area (Å²) in [5.41, 5.74) is 0. The first kappa shape index (κ1) is 12.7. The monoisotopic (exact) mass is 210 g/mol. The molecule has 1 N–H and O–H groups in total. The maximum atomic E-state index is 3.79. The molecule has 0 aliphatic carbocycles. The van der Waals surface area contributed by atoms with Gasteiger partial charge in [-0.25, -0.2) is 0 Å². The molecule has 1 heterocycles. The number of hydrogen-bond acceptors (Lipinski definition) is 2. The van der Waals surface area contributed by atoms with Gasteiger partial charge in [-0.1, -0.05) is 13.0 Å². The van der Waals surface area contributed by atoms with Gasteiger partial charge in [0.2, 0.25) is 0 Å². The van der Waals surface area contributed by atoms with E-state index in [9.17, 15) is 0 Å². The van der Waals surface area contributed by atoms with Gasteiger partial charge in [0.1, 0.15) is 0 Å². The van der Waals surface area contributed by atoms with Gasteiger partial charge < -0.3 is 10.2 Å². The summed E-state index contributed by atoms with van der Waals surface area (Å²) in [6.45, 7) is 12.0. The molecule has 2 atom stereocenters. The third-order valence-electron chi connectivity index (χ3n) is 3.32. The molecule has 0 spiro atoms. The Kier molecular flexibility index (Phi) is 5.96. The molecule has 1 rings (SSSR count). The van der Waals surface area contributed by atoms with Crippen LogP contribution in [0, 0.1) is 0 Å². The summed E-state index contributed by atoms with van der Waals surface area (Å²) in [6, 6.07) is 1.48. The fourth-order valence-corrected chi connectivity index (χ4v) is 2.34. The van der Waals surface area contributed by atoms with Gasteiger partial charge in [0.25, 0.3) is 0 Å². The summed E-state index contributed by atoms with van der Waals surface area (Å²) in [5, 5.41) is 3.63. The van der Waals surface area contributed by atoms with Crippen LogP contribution < -0.4 is 5.32 Å². The van der Waals surface area contributed by atoms with Crippen LogP contribution in [0.5, 0.6) is 0 Å². The molecule has 0 aromatic carbocycles. The van der Waals surface area contributed by atoms with E-state index in [1.165, 1.54) is 38.9 Å². The number of likely N-dealkylation sites (tertiary alicyclic amines) is 1. The van der Waals surface area contributed by atoms with E-state index in [0.29, 0.717) is 0 Å². The predicted molar refractivity (Wildman–Crippen MR) is 67.2 cm³/mol. The zero-order valence-corrected chi connectivity index (χ0v) is 10.3. The standard InChI is InChI=1S/C13H26N2/c1-4-6-9-15-10-7-13(11-12(15)3)14-8-5-2/h4,12-14H,1,5-11H2,2-3H3. The fraction of sp³-hybridized carbons (Fsp3) is 0.846. The van der Waals surface area contributed by atoms with E-state index in [-0.39, 0.29) is 0 Å². The molecule has 0 bridgehead atoms. The van der Waals surface area contributed by atoms with Crippen LogP contribution in [0.1, 0.15) is 39.5 Å². The number of nitrogens with zero attached hydrogens (tertiary/aromatic N) is 1. The van der Waals surface area contributed by atoms with Crippen LogP contribution in [0.25, 0.3) is 0 Å². The van der Waals surface area contributed by atoms with E-state index < -0.39 is 0 Å². The molecule has 1 fully saturated rings. The Labute approximate surface area is 94.7 Å². The quantitative estimate of drug-likeness (QED) is 0.677. The Morgan fingerprint density at radius 3 is 2.93 bits per heavy atom. The Bertz CT molecular complexity index is 179. The second kappa shape index (κ2) is 7.02. The predicted octanol–water partition coefficient (Wildman–Crippen LogP) is 2.42. The second-order valence-electron chi connectivity index (χ2n) is 4.64. The van der Waals surface area contributed by atoms with E-state index in [1.54, 1.807) is 0 Å². The maximum absolute atomic E-state index is 3.79. The average molecular weight is 210 g/mol. The van der Waals surface area contributed by atoms with E-state index in [4.69, 9.17) is 0 Å². The van der Waals surface area contributed by atoms with Crippen molar-refractivity contribution < 1.29 is 0 Å². The van der Waals surface area contributed by atoms with Gasteiger partial charge in [0, 0.05) is 18.6 Å². The van der Waals surface area contributed by atoms with Crippen LogP contribution in [-0.4, -0.2) is 36.6 Å². The van der Waals surface area contributed by atoms with Gasteiger partial charge in [-0.2, -0.15) is 0 Å². The molecule has 0 radical (unpaired) electrons. The highest BCUT2D eigenvalue weighted by Gasteiger charge is 2.23. The van der Waals surface area contributed by atoms with Crippen molar-refractivity contribution in [2.45, 2.75) is 51.6 Å². The van der Waals surface area contributed by atoms with Crippen molar-refractivity contribution >= 4 is 0 Å². The highest BCUT2D eigenvalue weighted by molar-refractivity contribution is 4.84. The molecule has 0 saturated carbocycles. The molecule has 1 aliphatic rings. The average Bonchev–Trinajstić information content (AvgIpc) is 2.25. The minimum Gasteiger partial charge on any atom is -0.314 e. The molecule has 2 heteroatoms. The lowest BCUT2D eigenvalue weighted by molar-refractivity contribution is 0.138. The summed E-state index contributed by atoms with van der Waals surface area (Å²) in [5.74, 6) is 0.